The van der Waals surface area contributed by atoms with Crippen LogP contribution in [0.5, 0.6) is 0 Å². The maximum atomic E-state index is 5.14. The summed E-state index contributed by atoms with van der Waals surface area (Å²) in [6, 6.07) is 54.0. The van der Waals surface area contributed by atoms with Crippen LogP contribution in [0.1, 0.15) is 0 Å². The summed E-state index contributed by atoms with van der Waals surface area (Å²) >= 11 is 0. The zero-order valence-corrected chi connectivity index (χ0v) is 23.8. The zero-order chi connectivity index (χ0) is 29.3. The molecule has 0 radical (unpaired) electrons. The van der Waals surface area contributed by atoms with E-state index in [1.807, 2.05) is 54.6 Å². The molecule has 2 aromatic heterocycles. The van der Waals surface area contributed by atoms with Gasteiger partial charge in [0.05, 0.1) is 11.2 Å². The maximum absolute atomic E-state index is 5.14. The van der Waals surface area contributed by atoms with Gasteiger partial charge in [-0.15, -0.1) is 0 Å². The third-order valence-electron chi connectivity index (χ3n) is 7.94. The van der Waals surface area contributed by atoms with E-state index < -0.39 is 0 Å². The lowest BCUT2D eigenvalue weighted by Crippen LogP contribution is -2.01. The lowest BCUT2D eigenvalue weighted by molar-refractivity contribution is 1.08. The van der Waals surface area contributed by atoms with Crippen molar-refractivity contribution in [2.75, 3.05) is 0 Å². The van der Waals surface area contributed by atoms with Crippen LogP contribution >= 0.6 is 0 Å². The van der Waals surface area contributed by atoms with Crippen LogP contribution in [0, 0.1) is 0 Å². The first-order valence-electron chi connectivity index (χ1n) is 14.7. The molecule has 0 unspecified atom stereocenters. The van der Waals surface area contributed by atoms with Crippen molar-refractivity contribution in [3.8, 4) is 56.5 Å². The predicted octanol–water partition coefficient (Wildman–Crippen LogP) is 9.91. The first-order chi connectivity index (χ1) is 21.8. The average molecular weight is 563 g/mol. The Labute approximate surface area is 255 Å². The topological polar surface area (TPSA) is 51.6 Å². The van der Waals surface area contributed by atoms with Gasteiger partial charge in [0.2, 0.25) is 0 Å². The number of pyridine rings is 1. The monoisotopic (exact) mass is 562 g/mol. The molecule has 8 aromatic rings. The van der Waals surface area contributed by atoms with Crippen molar-refractivity contribution >= 4 is 21.7 Å². The number of nitrogens with zero attached hydrogens (tertiary/aromatic N) is 4. The van der Waals surface area contributed by atoms with E-state index in [1.54, 1.807) is 0 Å². The van der Waals surface area contributed by atoms with Gasteiger partial charge in [0.25, 0.3) is 0 Å². The Morgan fingerprint density at radius 3 is 1.73 bits per heavy atom. The summed E-state index contributed by atoms with van der Waals surface area (Å²) in [5.74, 6) is 1.90. The molecular formula is C40H26N4. The SMILES string of the molecule is c1ccc(-c2nc(-c3ccccc3-c3ccccc3)nc(-c3cccc4ccc(-c5ccc6ccccc6n5)cc34)n2)cc1. The minimum atomic E-state index is 0.630. The number of aromatic nitrogens is 4. The van der Waals surface area contributed by atoms with Crippen molar-refractivity contribution in [2.45, 2.75) is 0 Å². The standard InChI is InChI=1S/C40H26N4/c1-3-12-27(13-4-1)32-18-8-9-19-33(32)39-42-38(30-15-5-2-6-16-30)43-40(44-39)34-20-11-17-28-22-23-31(26-35(28)34)37-25-24-29-14-7-10-21-36(29)41-37/h1-26H. The minimum absolute atomic E-state index is 0.630. The fraction of sp³-hybridized carbons (Fsp3) is 0. The maximum Gasteiger partial charge on any atom is 0.164 e. The molecule has 44 heavy (non-hydrogen) atoms. The first-order valence-corrected chi connectivity index (χ1v) is 14.7. The van der Waals surface area contributed by atoms with Gasteiger partial charge in [-0.3, -0.25) is 0 Å². The molecule has 0 saturated heterocycles. The number of para-hydroxylation sites is 1. The van der Waals surface area contributed by atoms with Crippen molar-refractivity contribution < 1.29 is 0 Å². The molecule has 0 spiro atoms. The van der Waals surface area contributed by atoms with Crippen molar-refractivity contribution in [3.05, 3.63) is 158 Å². The average Bonchev–Trinajstić information content (AvgIpc) is 3.11. The van der Waals surface area contributed by atoms with Crippen LogP contribution in [-0.2, 0) is 0 Å². The van der Waals surface area contributed by atoms with Gasteiger partial charge in [0.1, 0.15) is 0 Å². The van der Waals surface area contributed by atoms with Gasteiger partial charge < -0.3 is 0 Å². The number of benzene rings is 6. The third kappa shape index (κ3) is 4.79. The third-order valence-corrected chi connectivity index (χ3v) is 7.94. The quantitative estimate of drug-likeness (QED) is 0.209. The highest BCUT2D eigenvalue weighted by atomic mass is 15.0. The summed E-state index contributed by atoms with van der Waals surface area (Å²) in [6.45, 7) is 0. The summed E-state index contributed by atoms with van der Waals surface area (Å²) in [5.41, 5.74) is 7.99. The van der Waals surface area contributed by atoms with Gasteiger partial charge in [0, 0.05) is 27.6 Å². The molecule has 0 bridgehead atoms. The van der Waals surface area contributed by atoms with Crippen molar-refractivity contribution in [2.24, 2.45) is 0 Å². The van der Waals surface area contributed by atoms with Crippen LogP contribution in [0.4, 0.5) is 0 Å². The molecule has 0 atom stereocenters. The van der Waals surface area contributed by atoms with E-state index in [0.717, 1.165) is 60.8 Å². The summed E-state index contributed by atoms with van der Waals surface area (Å²) in [5, 5.41) is 3.30. The Bertz CT molecular complexity index is 2280. The second-order valence-electron chi connectivity index (χ2n) is 10.7. The van der Waals surface area contributed by atoms with E-state index in [0.29, 0.717) is 17.5 Å². The summed E-state index contributed by atoms with van der Waals surface area (Å²) < 4.78 is 0. The molecule has 0 aliphatic rings. The molecule has 0 saturated carbocycles. The van der Waals surface area contributed by atoms with E-state index >= 15 is 0 Å². The molecule has 0 amide bonds. The fourth-order valence-electron chi connectivity index (χ4n) is 5.73. The van der Waals surface area contributed by atoms with E-state index in [4.69, 9.17) is 19.9 Å². The first kappa shape index (κ1) is 25.7. The van der Waals surface area contributed by atoms with E-state index in [1.165, 1.54) is 0 Å². The molecule has 4 heteroatoms. The van der Waals surface area contributed by atoms with Crippen LogP contribution in [0.25, 0.3) is 78.2 Å². The Kier molecular flexibility index (Phi) is 6.43. The van der Waals surface area contributed by atoms with Crippen molar-refractivity contribution in [1.29, 1.82) is 0 Å². The van der Waals surface area contributed by atoms with Crippen LogP contribution in [0.15, 0.2) is 158 Å². The Hall–Kier alpha value is -6.00. The van der Waals surface area contributed by atoms with Gasteiger partial charge in [-0.1, -0.05) is 140 Å². The number of fused-ring (bicyclic) bond motifs is 2. The predicted molar refractivity (Wildman–Crippen MR) is 180 cm³/mol. The summed E-state index contributed by atoms with van der Waals surface area (Å²) in [6.07, 6.45) is 0. The summed E-state index contributed by atoms with van der Waals surface area (Å²) in [7, 11) is 0. The Balaban J connectivity index is 1.33. The number of hydrogen-bond acceptors (Lipinski definition) is 4. The van der Waals surface area contributed by atoms with Crippen LogP contribution in [0.3, 0.4) is 0 Å². The van der Waals surface area contributed by atoms with Crippen LogP contribution in [-0.4, -0.2) is 19.9 Å². The normalized spacial score (nSPS) is 11.2. The zero-order valence-electron chi connectivity index (χ0n) is 23.8. The Morgan fingerprint density at radius 2 is 0.909 bits per heavy atom. The van der Waals surface area contributed by atoms with Gasteiger partial charge >= 0.3 is 0 Å². The molecule has 8 rings (SSSR count). The van der Waals surface area contributed by atoms with E-state index in [-0.39, 0.29) is 0 Å². The molecule has 0 N–H and O–H groups in total. The van der Waals surface area contributed by atoms with Crippen molar-refractivity contribution in [1.82, 2.24) is 19.9 Å². The van der Waals surface area contributed by atoms with Crippen LogP contribution < -0.4 is 0 Å². The molecule has 2 heterocycles. The fourth-order valence-corrected chi connectivity index (χ4v) is 5.73. The molecule has 0 aliphatic carbocycles. The van der Waals surface area contributed by atoms with Gasteiger partial charge in [-0.25, -0.2) is 19.9 Å². The van der Waals surface area contributed by atoms with E-state index in [9.17, 15) is 0 Å². The molecule has 4 nitrogen and oxygen atoms in total. The van der Waals surface area contributed by atoms with E-state index in [2.05, 4.69) is 103 Å². The van der Waals surface area contributed by atoms with Gasteiger partial charge in [-0.05, 0) is 40.1 Å². The second kappa shape index (κ2) is 11.0. The number of hydrogen-bond donors (Lipinski definition) is 0. The lowest BCUT2D eigenvalue weighted by Gasteiger charge is -2.13. The second-order valence-corrected chi connectivity index (χ2v) is 10.7. The highest BCUT2D eigenvalue weighted by Crippen LogP contribution is 2.35. The van der Waals surface area contributed by atoms with Gasteiger partial charge in [-0.2, -0.15) is 0 Å². The molecular weight excluding hydrogens is 536 g/mol. The van der Waals surface area contributed by atoms with Crippen molar-refractivity contribution in [3.63, 3.8) is 0 Å². The molecule has 6 aromatic carbocycles. The summed E-state index contributed by atoms with van der Waals surface area (Å²) in [4.78, 5) is 20.2. The van der Waals surface area contributed by atoms with Gasteiger partial charge in [0.15, 0.2) is 17.5 Å². The molecule has 0 aliphatic heterocycles. The smallest absolute Gasteiger partial charge is 0.164 e. The highest BCUT2D eigenvalue weighted by Gasteiger charge is 2.17. The molecule has 0 fully saturated rings. The Morgan fingerprint density at radius 1 is 0.318 bits per heavy atom. The number of rotatable bonds is 5. The van der Waals surface area contributed by atoms with Crippen LogP contribution in [0.2, 0.25) is 0 Å². The highest BCUT2D eigenvalue weighted by molar-refractivity contribution is 5.98. The lowest BCUT2D eigenvalue weighted by atomic mass is 9.98. The molecule has 206 valence electrons. The largest absolute Gasteiger partial charge is 0.248 e. The minimum Gasteiger partial charge on any atom is -0.248 e.